The van der Waals surface area contributed by atoms with E-state index in [0.29, 0.717) is 16.9 Å². The Kier molecular flexibility index (Phi) is 4.98. The van der Waals surface area contributed by atoms with Crippen LogP contribution in [0, 0.1) is 0 Å². The minimum Gasteiger partial charge on any atom is -0.489 e. The molecule has 6 heteroatoms. The predicted molar refractivity (Wildman–Crippen MR) is 131 cm³/mol. The molecule has 1 aliphatic rings. The van der Waals surface area contributed by atoms with Crippen molar-refractivity contribution in [2.75, 3.05) is 27.7 Å². The quantitative estimate of drug-likeness (QED) is 0.426. The van der Waals surface area contributed by atoms with Crippen molar-refractivity contribution in [1.29, 1.82) is 0 Å². The summed E-state index contributed by atoms with van der Waals surface area (Å²) in [5, 5.41) is 1.80. The Balaban J connectivity index is 1.82. The predicted octanol–water partition coefficient (Wildman–Crippen LogP) is 4.55. The lowest BCUT2D eigenvalue weighted by molar-refractivity contribution is 0.0694. The number of benzene rings is 3. The number of para-hydroxylation sites is 2. The molecule has 2 amide bonds. The maximum Gasteiger partial charge on any atom is 0.262 e. The molecule has 0 spiro atoms. The van der Waals surface area contributed by atoms with Crippen molar-refractivity contribution in [1.82, 2.24) is 14.4 Å². The highest BCUT2D eigenvalue weighted by Crippen LogP contribution is 2.43. The zero-order chi connectivity index (χ0) is 23.4. The van der Waals surface area contributed by atoms with Gasteiger partial charge in [0.1, 0.15) is 11.9 Å². The second kappa shape index (κ2) is 7.74. The minimum atomic E-state index is -0.282. The highest BCUT2D eigenvalue weighted by Gasteiger charge is 2.39. The van der Waals surface area contributed by atoms with Gasteiger partial charge in [-0.1, -0.05) is 36.4 Å². The van der Waals surface area contributed by atoms with Crippen LogP contribution in [0.25, 0.3) is 32.9 Å². The summed E-state index contributed by atoms with van der Waals surface area (Å²) in [6.45, 7) is 2.78. The summed E-state index contributed by atoms with van der Waals surface area (Å²) in [4.78, 5) is 29.9. The molecule has 2 heterocycles. The number of carbonyl (C=O) groups excluding carboxylic acids is 2. The van der Waals surface area contributed by atoms with Crippen molar-refractivity contribution in [3.8, 4) is 16.9 Å². The van der Waals surface area contributed by atoms with E-state index in [-0.39, 0.29) is 17.9 Å². The smallest absolute Gasteiger partial charge is 0.262 e. The Morgan fingerprint density at radius 3 is 2.30 bits per heavy atom. The van der Waals surface area contributed by atoms with Gasteiger partial charge >= 0.3 is 0 Å². The van der Waals surface area contributed by atoms with Gasteiger partial charge in [0.05, 0.1) is 16.6 Å². The van der Waals surface area contributed by atoms with E-state index in [9.17, 15) is 9.59 Å². The van der Waals surface area contributed by atoms with Crippen LogP contribution in [0.1, 0.15) is 27.6 Å². The van der Waals surface area contributed by atoms with Crippen LogP contribution < -0.4 is 4.74 Å². The first-order chi connectivity index (χ1) is 15.8. The number of nitrogens with zero attached hydrogens (tertiary/aromatic N) is 3. The number of aromatic nitrogens is 1. The molecular formula is C27H27N3O3. The SMILES string of the molecule is CC(CN(C)C)Oc1ccccc1-c1cc2c(c3c1C(=O)N(C)C3=O)c1ccccc1n2C. The lowest BCUT2D eigenvalue weighted by Gasteiger charge is -2.21. The van der Waals surface area contributed by atoms with Gasteiger partial charge in [-0.25, -0.2) is 0 Å². The first-order valence-electron chi connectivity index (χ1n) is 11.1. The molecule has 0 fully saturated rings. The molecule has 1 unspecified atom stereocenters. The number of hydrogen-bond acceptors (Lipinski definition) is 4. The second-order valence-electron chi connectivity index (χ2n) is 9.00. The summed E-state index contributed by atoms with van der Waals surface area (Å²) in [6, 6.07) is 17.7. The third-order valence-electron chi connectivity index (χ3n) is 6.37. The van der Waals surface area contributed by atoms with Gasteiger partial charge in [0.15, 0.2) is 0 Å². The molecule has 4 aromatic rings. The van der Waals surface area contributed by atoms with Gasteiger partial charge in [-0.05, 0) is 39.2 Å². The van der Waals surface area contributed by atoms with E-state index >= 15 is 0 Å². The zero-order valence-electron chi connectivity index (χ0n) is 19.5. The average molecular weight is 442 g/mol. The van der Waals surface area contributed by atoms with Gasteiger partial charge in [-0.2, -0.15) is 0 Å². The Hall–Kier alpha value is -3.64. The molecule has 6 nitrogen and oxygen atoms in total. The summed E-state index contributed by atoms with van der Waals surface area (Å²) in [5.74, 6) is 0.149. The molecule has 0 saturated carbocycles. The first kappa shape index (κ1) is 21.2. The molecule has 0 radical (unpaired) electrons. The number of hydrogen-bond donors (Lipinski definition) is 0. The second-order valence-corrected chi connectivity index (χ2v) is 9.00. The summed E-state index contributed by atoms with van der Waals surface area (Å²) in [6.07, 6.45) is -0.0458. The topological polar surface area (TPSA) is 54.8 Å². The maximum absolute atomic E-state index is 13.3. The van der Waals surface area contributed by atoms with E-state index in [1.807, 2.05) is 82.7 Å². The van der Waals surface area contributed by atoms with Crippen molar-refractivity contribution in [3.63, 3.8) is 0 Å². The van der Waals surface area contributed by atoms with E-state index < -0.39 is 0 Å². The molecular weight excluding hydrogens is 414 g/mol. The third-order valence-corrected chi connectivity index (χ3v) is 6.37. The summed E-state index contributed by atoms with van der Waals surface area (Å²) in [7, 11) is 7.56. The lowest BCUT2D eigenvalue weighted by atomic mass is 9.92. The molecule has 0 saturated heterocycles. The van der Waals surface area contributed by atoms with E-state index in [2.05, 4.69) is 9.47 Å². The van der Waals surface area contributed by atoms with Crippen LogP contribution >= 0.6 is 0 Å². The number of likely N-dealkylation sites (N-methyl/N-ethyl adjacent to an activating group) is 1. The number of aryl methyl sites for hydroxylation is 1. The number of carbonyl (C=O) groups is 2. The number of rotatable bonds is 5. The zero-order valence-corrected chi connectivity index (χ0v) is 19.5. The molecule has 5 rings (SSSR count). The molecule has 168 valence electrons. The normalized spacial score (nSPS) is 14.5. The van der Waals surface area contributed by atoms with Crippen LogP contribution in [-0.2, 0) is 7.05 Å². The van der Waals surface area contributed by atoms with E-state index in [1.54, 1.807) is 7.05 Å². The molecule has 1 atom stereocenters. The summed E-state index contributed by atoms with van der Waals surface area (Å²) < 4.78 is 8.39. The monoisotopic (exact) mass is 441 g/mol. The minimum absolute atomic E-state index is 0.0458. The molecule has 1 aromatic heterocycles. The fraction of sp³-hybridized carbons (Fsp3) is 0.259. The van der Waals surface area contributed by atoms with Crippen molar-refractivity contribution in [2.24, 2.45) is 7.05 Å². The van der Waals surface area contributed by atoms with Gasteiger partial charge < -0.3 is 14.2 Å². The largest absolute Gasteiger partial charge is 0.489 e. The highest BCUT2D eigenvalue weighted by atomic mass is 16.5. The third kappa shape index (κ3) is 3.21. The summed E-state index contributed by atoms with van der Waals surface area (Å²) in [5.41, 5.74) is 4.38. The molecule has 0 aliphatic carbocycles. The Bertz CT molecular complexity index is 1430. The van der Waals surface area contributed by atoms with Crippen LogP contribution in [0.15, 0.2) is 54.6 Å². The average Bonchev–Trinajstić information content (AvgIpc) is 3.20. The first-order valence-corrected chi connectivity index (χ1v) is 11.1. The number of ether oxygens (including phenoxy) is 1. The lowest BCUT2D eigenvalue weighted by Crippen LogP contribution is -2.28. The Labute approximate surface area is 193 Å². The van der Waals surface area contributed by atoms with Crippen LogP contribution in [0.2, 0.25) is 0 Å². The Morgan fingerprint density at radius 2 is 1.55 bits per heavy atom. The number of fused-ring (bicyclic) bond motifs is 5. The molecule has 33 heavy (non-hydrogen) atoms. The van der Waals surface area contributed by atoms with Gasteiger partial charge in [0, 0.05) is 48.1 Å². The fourth-order valence-corrected chi connectivity index (χ4v) is 4.95. The highest BCUT2D eigenvalue weighted by molar-refractivity contribution is 6.32. The van der Waals surface area contributed by atoms with E-state index in [4.69, 9.17) is 4.74 Å². The van der Waals surface area contributed by atoms with Crippen molar-refractivity contribution in [3.05, 3.63) is 65.7 Å². The van der Waals surface area contributed by atoms with Gasteiger partial charge in [-0.15, -0.1) is 0 Å². The fourth-order valence-electron chi connectivity index (χ4n) is 4.95. The van der Waals surface area contributed by atoms with Crippen molar-refractivity contribution >= 4 is 33.6 Å². The summed E-state index contributed by atoms with van der Waals surface area (Å²) >= 11 is 0. The molecule has 1 aliphatic heterocycles. The maximum atomic E-state index is 13.3. The van der Waals surface area contributed by atoms with E-state index in [0.717, 1.165) is 39.5 Å². The van der Waals surface area contributed by atoms with Gasteiger partial charge in [0.2, 0.25) is 0 Å². The van der Waals surface area contributed by atoms with Crippen LogP contribution in [0.3, 0.4) is 0 Å². The Morgan fingerprint density at radius 1 is 0.879 bits per heavy atom. The standard InChI is InChI=1S/C27H27N3O3/c1-16(15-28(2)3)33-22-13-9-7-10-17(22)19-14-21-23(18-11-6-8-12-20(18)29(21)4)25-24(19)26(31)30(5)27(25)32/h6-14,16H,15H2,1-5H3. The van der Waals surface area contributed by atoms with Crippen LogP contribution in [0.4, 0.5) is 0 Å². The van der Waals surface area contributed by atoms with Gasteiger partial charge in [0.25, 0.3) is 11.8 Å². The van der Waals surface area contributed by atoms with E-state index in [1.165, 1.54) is 4.90 Å². The van der Waals surface area contributed by atoms with Gasteiger partial charge in [-0.3, -0.25) is 14.5 Å². The molecule has 3 aromatic carbocycles. The number of amides is 2. The van der Waals surface area contributed by atoms with Crippen LogP contribution in [0.5, 0.6) is 5.75 Å². The molecule has 0 bridgehead atoms. The number of imide groups is 1. The van der Waals surface area contributed by atoms with Crippen molar-refractivity contribution < 1.29 is 14.3 Å². The van der Waals surface area contributed by atoms with Crippen molar-refractivity contribution in [2.45, 2.75) is 13.0 Å². The van der Waals surface area contributed by atoms with Crippen LogP contribution in [-0.4, -0.2) is 60.0 Å². The molecule has 0 N–H and O–H groups in total.